The maximum absolute atomic E-state index is 12.1. The molecule has 6 heteroatoms. The molecule has 28 heavy (non-hydrogen) atoms. The Balaban J connectivity index is 1.59. The van der Waals surface area contributed by atoms with E-state index in [1.807, 2.05) is 48.5 Å². The molecule has 2 aromatic carbocycles. The zero-order valence-electron chi connectivity index (χ0n) is 15.0. The number of aromatic nitrogens is 1. The molecule has 0 fully saturated rings. The molecule has 1 heterocycles. The van der Waals surface area contributed by atoms with E-state index in [0.29, 0.717) is 11.4 Å². The van der Waals surface area contributed by atoms with Crippen molar-refractivity contribution >= 4 is 23.6 Å². The molecule has 0 aliphatic heterocycles. The van der Waals surface area contributed by atoms with Gasteiger partial charge in [0, 0.05) is 18.0 Å². The van der Waals surface area contributed by atoms with Crippen LogP contribution in [0.25, 0.3) is 6.08 Å². The Morgan fingerprint density at radius 3 is 2.64 bits per heavy atom. The van der Waals surface area contributed by atoms with E-state index in [-0.39, 0.29) is 18.1 Å². The molecule has 3 N–H and O–H groups in total. The minimum Gasteiger partial charge on any atom is -0.487 e. The van der Waals surface area contributed by atoms with Gasteiger partial charge in [0.05, 0.1) is 11.8 Å². The summed E-state index contributed by atoms with van der Waals surface area (Å²) < 4.78 is 5.65. The highest BCUT2D eigenvalue weighted by molar-refractivity contribution is 6.01. The SMILES string of the molecule is NC(=O)c1cncc(OCc2cccc(NC(=O)C=Cc3ccccc3)c2)c1. The van der Waals surface area contributed by atoms with E-state index in [9.17, 15) is 9.59 Å². The van der Waals surface area contributed by atoms with E-state index >= 15 is 0 Å². The minimum absolute atomic E-state index is 0.222. The lowest BCUT2D eigenvalue weighted by Crippen LogP contribution is -2.11. The Kier molecular flexibility index (Phi) is 6.15. The molecule has 0 radical (unpaired) electrons. The fourth-order valence-electron chi connectivity index (χ4n) is 2.46. The van der Waals surface area contributed by atoms with Crippen LogP contribution in [0.15, 0.2) is 79.1 Å². The third-order valence-electron chi connectivity index (χ3n) is 3.82. The Morgan fingerprint density at radius 1 is 1.04 bits per heavy atom. The Labute approximate surface area is 162 Å². The van der Waals surface area contributed by atoms with E-state index in [4.69, 9.17) is 10.5 Å². The topological polar surface area (TPSA) is 94.3 Å². The van der Waals surface area contributed by atoms with Crippen molar-refractivity contribution in [2.45, 2.75) is 6.61 Å². The van der Waals surface area contributed by atoms with Crippen molar-refractivity contribution in [2.24, 2.45) is 5.73 Å². The first kappa shape index (κ1) is 18.8. The molecule has 140 valence electrons. The lowest BCUT2D eigenvalue weighted by atomic mass is 10.2. The van der Waals surface area contributed by atoms with Crippen molar-refractivity contribution in [1.82, 2.24) is 4.98 Å². The molecular formula is C22H19N3O3. The molecule has 2 amide bonds. The summed E-state index contributed by atoms with van der Waals surface area (Å²) in [5.41, 5.74) is 7.99. The molecule has 0 atom stereocenters. The highest BCUT2D eigenvalue weighted by Gasteiger charge is 2.04. The molecular weight excluding hydrogens is 354 g/mol. The predicted octanol–water partition coefficient (Wildman–Crippen LogP) is 3.41. The third kappa shape index (κ3) is 5.54. The number of ether oxygens (including phenoxy) is 1. The van der Waals surface area contributed by atoms with Gasteiger partial charge in [-0.25, -0.2) is 0 Å². The molecule has 0 aliphatic carbocycles. The van der Waals surface area contributed by atoms with Gasteiger partial charge in [0.25, 0.3) is 0 Å². The van der Waals surface area contributed by atoms with Crippen LogP contribution in [0.3, 0.4) is 0 Å². The minimum atomic E-state index is -0.564. The Bertz CT molecular complexity index is 1000. The Morgan fingerprint density at radius 2 is 1.86 bits per heavy atom. The van der Waals surface area contributed by atoms with Crippen LogP contribution in [0.1, 0.15) is 21.5 Å². The quantitative estimate of drug-likeness (QED) is 0.621. The first-order valence-electron chi connectivity index (χ1n) is 8.61. The number of nitrogens with two attached hydrogens (primary N) is 1. The molecule has 1 aromatic heterocycles. The van der Waals surface area contributed by atoms with Gasteiger partial charge >= 0.3 is 0 Å². The summed E-state index contributed by atoms with van der Waals surface area (Å²) in [6, 6.07) is 18.4. The first-order valence-corrected chi connectivity index (χ1v) is 8.61. The van der Waals surface area contributed by atoms with Gasteiger partial charge in [0.15, 0.2) is 0 Å². The van der Waals surface area contributed by atoms with E-state index in [2.05, 4.69) is 10.3 Å². The second kappa shape index (κ2) is 9.14. The molecule has 0 bridgehead atoms. The maximum atomic E-state index is 12.1. The molecule has 0 saturated heterocycles. The van der Waals surface area contributed by atoms with E-state index in [1.54, 1.807) is 12.1 Å². The maximum Gasteiger partial charge on any atom is 0.250 e. The molecule has 6 nitrogen and oxygen atoms in total. The lowest BCUT2D eigenvalue weighted by Gasteiger charge is -2.08. The summed E-state index contributed by atoms with van der Waals surface area (Å²) in [7, 11) is 0. The number of hydrogen-bond acceptors (Lipinski definition) is 4. The average Bonchev–Trinajstić information content (AvgIpc) is 2.72. The molecule has 3 rings (SSSR count). The summed E-state index contributed by atoms with van der Waals surface area (Å²) in [6.07, 6.45) is 6.13. The van der Waals surface area contributed by atoms with Gasteiger partial charge in [0.2, 0.25) is 11.8 Å². The number of amides is 2. The van der Waals surface area contributed by atoms with Crippen LogP contribution in [0.5, 0.6) is 5.75 Å². The number of carbonyl (C=O) groups excluding carboxylic acids is 2. The van der Waals surface area contributed by atoms with Crippen LogP contribution in [0.4, 0.5) is 5.69 Å². The van der Waals surface area contributed by atoms with Crippen LogP contribution >= 0.6 is 0 Å². The summed E-state index contributed by atoms with van der Waals surface area (Å²) in [5, 5.41) is 2.82. The van der Waals surface area contributed by atoms with Crippen LogP contribution in [0.2, 0.25) is 0 Å². The van der Waals surface area contributed by atoms with Crippen LogP contribution in [-0.4, -0.2) is 16.8 Å². The van der Waals surface area contributed by atoms with Crippen molar-refractivity contribution in [3.05, 3.63) is 95.8 Å². The van der Waals surface area contributed by atoms with Crippen molar-refractivity contribution < 1.29 is 14.3 Å². The van der Waals surface area contributed by atoms with Crippen LogP contribution < -0.4 is 15.8 Å². The monoisotopic (exact) mass is 373 g/mol. The smallest absolute Gasteiger partial charge is 0.250 e. The largest absolute Gasteiger partial charge is 0.487 e. The van der Waals surface area contributed by atoms with Gasteiger partial charge in [-0.1, -0.05) is 42.5 Å². The lowest BCUT2D eigenvalue weighted by molar-refractivity contribution is -0.111. The Hall–Kier alpha value is -3.93. The van der Waals surface area contributed by atoms with E-state index in [0.717, 1.165) is 11.1 Å². The number of nitrogens with one attached hydrogen (secondary N) is 1. The molecule has 3 aromatic rings. The number of rotatable bonds is 7. The zero-order chi connectivity index (χ0) is 19.8. The number of anilines is 1. The highest BCUT2D eigenvalue weighted by atomic mass is 16.5. The van der Waals surface area contributed by atoms with Gasteiger partial charge in [-0.05, 0) is 35.4 Å². The van der Waals surface area contributed by atoms with Gasteiger partial charge in [-0.2, -0.15) is 0 Å². The van der Waals surface area contributed by atoms with Crippen LogP contribution in [-0.2, 0) is 11.4 Å². The average molecular weight is 373 g/mol. The summed E-state index contributed by atoms with van der Waals surface area (Å²) in [6.45, 7) is 0.257. The van der Waals surface area contributed by atoms with Crippen LogP contribution in [0, 0.1) is 0 Å². The van der Waals surface area contributed by atoms with E-state index < -0.39 is 5.91 Å². The summed E-state index contributed by atoms with van der Waals surface area (Å²) in [4.78, 5) is 27.2. The number of carbonyl (C=O) groups is 2. The zero-order valence-corrected chi connectivity index (χ0v) is 15.0. The number of benzene rings is 2. The fraction of sp³-hybridized carbons (Fsp3) is 0.0455. The van der Waals surface area contributed by atoms with Gasteiger partial charge in [0.1, 0.15) is 12.4 Å². The highest BCUT2D eigenvalue weighted by Crippen LogP contribution is 2.16. The summed E-state index contributed by atoms with van der Waals surface area (Å²) >= 11 is 0. The number of hydrogen-bond donors (Lipinski definition) is 2. The van der Waals surface area contributed by atoms with Gasteiger partial charge in [-0.15, -0.1) is 0 Å². The fourth-order valence-corrected chi connectivity index (χ4v) is 2.46. The third-order valence-corrected chi connectivity index (χ3v) is 3.82. The molecule has 0 saturated carbocycles. The summed E-state index contributed by atoms with van der Waals surface area (Å²) in [5.74, 6) is -0.344. The normalized spacial score (nSPS) is 10.6. The van der Waals surface area contributed by atoms with Crippen molar-refractivity contribution in [3.63, 3.8) is 0 Å². The van der Waals surface area contributed by atoms with Crippen molar-refractivity contribution in [2.75, 3.05) is 5.32 Å². The van der Waals surface area contributed by atoms with Gasteiger partial charge < -0.3 is 15.8 Å². The van der Waals surface area contributed by atoms with Crippen molar-refractivity contribution in [1.29, 1.82) is 0 Å². The van der Waals surface area contributed by atoms with Crippen molar-refractivity contribution in [3.8, 4) is 5.75 Å². The first-order chi connectivity index (χ1) is 13.6. The molecule has 0 unspecified atom stereocenters. The molecule has 0 spiro atoms. The number of nitrogens with zero attached hydrogens (tertiary/aromatic N) is 1. The number of primary amides is 1. The number of pyridine rings is 1. The van der Waals surface area contributed by atoms with Gasteiger partial charge in [-0.3, -0.25) is 14.6 Å². The van der Waals surface area contributed by atoms with E-state index in [1.165, 1.54) is 24.5 Å². The standard InChI is InChI=1S/C22H19N3O3/c23-22(27)18-12-20(14-24-13-18)28-15-17-7-4-8-19(11-17)25-21(26)10-9-16-5-2-1-3-6-16/h1-14H,15H2,(H2,23,27)(H,25,26). The molecule has 0 aliphatic rings. The second-order valence-corrected chi connectivity index (χ2v) is 6.00. The predicted molar refractivity (Wildman–Crippen MR) is 108 cm³/mol. The second-order valence-electron chi connectivity index (χ2n) is 6.00.